The first-order chi connectivity index (χ1) is 17.6. The van der Waals surface area contributed by atoms with E-state index in [1.807, 2.05) is 14.0 Å². The number of carbonyl (C=O) groups is 4. The Morgan fingerprint density at radius 2 is 1.86 bits per heavy atom. The van der Waals surface area contributed by atoms with E-state index in [0.717, 1.165) is 35.6 Å². The first kappa shape index (κ1) is 26.7. The lowest BCUT2D eigenvalue weighted by atomic mass is 9.81. The maximum absolute atomic E-state index is 13.2. The molecule has 198 valence electrons. The first-order valence-corrected chi connectivity index (χ1v) is 13.2. The van der Waals surface area contributed by atoms with Crippen molar-refractivity contribution in [1.82, 2.24) is 30.4 Å². The summed E-state index contributed by atoms with van der Waals surface area (Å²) in [7, 11) is 5.43. The molecule has 0 saturated heterocycles. The van der Waals surface area contributed by atoms with Crippen molar-refractivity contribution in [3.05, 3.63) is 39.5 Å². The van der Waals surface area contributed by atoms with Crippen molar-refractivity contribution in [3.63, 3.8) is 0 Å². The van der Waals surface area contributed by atoms with Gasteiger partial charge in [-0.3, -0.25) is 19.2 Å². The number of hydrogen-bond donors (Lipinski definition) is 3. The fraction of sp³-hybridized carbons (Fsp3) is 0.520. The highest BCUT2D eigenvalue weighted by Gasteiger charge is 2.37. The van der Waals surface area contributed by atoms with E-state index >= 15 is 0 Å². The molecule has 1 fully saturated rings. The summed E-state index contributed by atoms with van der Waals surface area (Å²) in [6.45, 7) is 3.52. The zero-order chi connectivity index (χ0) is 26.7. The van der Waals surface area contributed by atoms with Crippen LogP contribution in [0.25, 0.3) is 0 Å². The molecule has 11 nitrogen and oxygen atoms in total. The van der Waals surface area contributed by atoms with Gasteiger partial charge < -0.3 is 25.8 Å². The van der Waals surface area contributed by atoms with Crippen LogP contribution in [0.5, 0.6) is 0 Å². The standard InChI is InChI=1S/C25H33N7O4S/c1-14-5-8-20(26-12-14)30-22(34)21(33)27-16-7-6-15(25(36)31(2)3)11-18(16)28-23(35)24-29-17-9-10-32(4)13-19(17)37-24/h5,8,12,15-16,18H,6-7,9-11,13H2,1-4H3,(H,27,33)(H,28,35)(H,26,30,34)/t15-,16?,18?/m0/s1. The molecule has 0 aromatic carbocycles. The van der Waals surface area contributed by atoms with Crippen molar-refractivity contribution in [2.24, 2.45) is 5.92 Å². The molecule has 37 heavy (non-hydrogen) atoms. The van der Waals surface area contributed by atoms with Crippen LogP contribution in [0, 0.1) is 12.8 Å². The number of likely N-dealkylation sites (N-methyl/N-ethyl adjacent to an activating group) is 1. The fourth-order valence-corrected chi connectivity index (χ4v) is 5.78. The van der Waals surface area contributed by atoms with Crippen molar-refractivity contribution < 1.29 is 19.2 Å². The van der Waals surface area contributed by atoms with Gasteiger partial charge in [0.05, 0.1) is 11.7 Å². The van der Waals surface area contributed by atoms with Crippen molar-refractivity contribution >= 4 is 40.8 Å². The molecule has 1 saturated carbocycles. The number of rotatable bonds is 5. The summed E-state index contributed by atoms with van der Waals surface area (Å²) >= 11 is 1.37. The molecule has 2 aromatic rings. The van der Waals surface area contributed by atoms with Gasteiger partial charge in [0.2, 0.25) is 5.91 Å². The third-order valence-corrected chi connectivity index (χ3v) is 7.83. The second-order valence-corrected chi connectivity index (χ2v) is 11.0. The van der Waals surface area contributed by atoms with E-state index in [2.05, 4.69) is 30.8 Å². The summed E-state index contributed by atoms with van der Waals surface area (Å²) in [5.74, 6) is -2.05. The summed E-state index contributed by atoms with van der Waals surface area (Å²) in [6.07, 6.45) is 3.71. The van der Waals surface area contributed by atoms with Gasteiger partial charge in [0.15, 0.2) is 5.01 Å². The molecular weight excluding hydrogens is 494 g/mol. The predicted octanol–water partition coefficient (Wildman–Crippen LogP) is 0.945. The zero-order valence-electron chi connectivity index (χ0n) is 21.5. The zero-order valence-corrected chi connectivity index (χ0v) is 22.4. The van der Waals surface area contributed by atoms with Gasteiger partial charge in [-0.25, -0.2) is 9.97 Å². The number of fused-ring (bicyclic) bond motifs is 1. The number of hydrogen-bond acceptors (Lipinski definition) is 8. The maximum Gasteiger partial charge on any atom is 0.314 e. The summed E-state index contributed by atoms with van der Waals surface area (Å²) in [6, 6.07) is 2.35. The number of amides is 4. The number of carbonyl (C=O) groups excluding carboxylic acids is 4. The number of aryl methyl sites for hydroxylation is 1. The summed E-state index contributed by atoms with van der Waals surface area (Å²) in [4.78, 5) is 64.5. The van der Waals surface area contributed by atoms with E-state index in [1.54, 1.807) is 32.4 Å². The number of anilines is 1. The Kier molecular flexibility index (Phi) is 8.18. The molecule has 0 radical (unpaired) electrons. The van der Waals surface area contributed by atoms with Crippen LogP contribution in [-0.2, 0) is 27.3 Å². The van der Waals surface area contributed by atoms with Crippen LogP contribution in [0.15, 0.2) is 18.3 Å². The third-order valence-electron chi connectivity index (χ3n) is 6.75. The van der Waals surface area contributed by atoms with Crippen molar-refractivity contribution in [3.8, 4) is 0 Å². The van der Waals surface area contributed by atoms with E-state index in [9.17, 15) is 19.2 Å². The van der Waals surface area contributed by atoms with Crippen molar-refractivity contribution in [2.45, 2.75) is 51.2 Å². The van der Waals surface area contributed by atoms with Crippen molar-refractivity contribution in [1.29, 1.82) is 0 Å². The average molecular weight is 528 g/mol. The third kappa shape index (κ3) is 6.50. The van der Waals surface area contributed by atoms with Gasteiger partial charge in [0.1, 0.15) is 5.82 Å². The van der Waals surface area contributed by atoms with E-state index < -0.39 is 23.9 Å². The Bertz CT molecular complexity index is 1180. The monoisotopic (exact) mass is 527 g/mol. The quantitative estimate of drug-likeness (QED) is 0.493. The predicted molar refractivity (Wildman–Crippen MR) is 139 cm³/mol. The van der Waals surface area contributed by atoms with Crippen LogP contribution in [0.3, 0.4) is 0 Å². The van der Waals surface area contributed by atoms with Crippen LogP contribution >= 0.6 is 11.3 Å². The Labute approximate surface area is 220 Å². The van der Waals surface area contributed by atoms with Gasteiger partial charge in [-0.1, -0.05) is 6.07 Å². The molecule has 3 N–H and O–H groups in total. The minimum Gasteiger partial charge on any atom is -0.349 e. The van der Waals surface area contributed by atoms with Crippen LogP contribution < -0.4 is 16.0 Å². The van der Waals surface area contributed by atoms with E-state index in [0.29, 0.717) is 24.3 Å². The highest BCUT2D eigenvalue weighted by Crippen LogP contribution is 2.28. The van der Waals surface area contributed by atoms with Gasteiger partial charge in [-0.05, 0) is 44.9 Å². The number of aromatic nitrogens is 2. The van der Waals surface area contributed by atoms with Crippen LogP contribution in [0.1, 0.15) is 45.2 Å². The molecule has 0 bridgehead atoms. The SMILES string of the molecule is Cc1ccc(NC(=O)C(=O)NC2CC[C@H](C(=O)N(C)C)CC2NC(=O)c2nc3c(s2)CN(C)CC3)nc1. The maximum atomic E-state index is 13.2. The molecule has 1 aliphatic heterocycles. The Hall–Kier alpha value is -3.38. The summed E-state index contributed by atoms with van der Waals surface area (Å²) in [5, 5.41) is 8.61. The molecule has 2 unspecified atom stereocenters. The Morgan fingerprint density at radius 3 is 2.57 bits per heavy atom. The number of nitrogens with zero attached hydrogens (tertiary/aromatic N) is 4. The van der Waals surface area contributed by atoms with Crippen LogP contribution in [0.4, 0.5) is 5.82 Å². The Morgan fingerprint density at radius 1 is 1.08 bits per heavy atom. The molecule has 3 heterocycles. The molecule has 1 aliphatic carbocycles. The topological polar surface area (TPSA) is 137 Å². The molecule has 12 heteroatoms. The van der Waals surface area contributed by atoms with Crippen LogP contribution in [0.2, 0.25) is 0 Å². The Balaban J connectivity index is 1.45. The fourth-order valence-electron chi connectivity index (χ4n) is 4.69. The lowest BCUT2D eigenvalue weighted by Gasteiger charge is -2.37. The minimum absolute atomic E-state index is 0.0278. The lowest BCUT2D eigenvalue weighted by Crippen LogP contribution is -2.57. The minimum atomic E-state index is -0.843. The first-order valence-electron chi connectivity index (χ1n) is 12.3. The highest BCUT2D eigenvalue weighted by atomic mass is 32.1. The molecule has 2 aliphatic rings. The normalized spacial score (nSPS) is 21.5. The van der Waals surface area contributed by atoms with E-state index in [1.165, 1.54) is 16.2 Å². The highest BCUT2D eigenvalue weighted by molar-refractivity contribution is 7.13. The van der Waals surface area contributed by atoms with E-state index in [-0.39, 0.29) is 23.6 Å². The number of thiazole rings is 1. The van der Waals surface area contributed by atoms with E-state index in [4.69, 9.17) is 0 Å². The van der Waals surface area contributed by atoms with Crippen molar-refractivity contribution in [2.75, 3.05) is 33.0 Å². The lowest BCUT2D eigenvalue weighted by molar-refractivity contribution is -0.137. The van der Waals surface area contributed by atoms with Gasteiger partial charge in [-0.2, -0.15) is 0 Å². The van der Waals surface area contributed by atoms with Crippen LogP contribution in [-0.4, -0.2) is 83.2 Å². The van der Waals surface area contributed by atoms with Gasteiger partial charge >= 0.3 is 11.8 Å². The number of nitrogens with one attached hydrogen (secondary N) is 3. The molecular formula is C25H33N7O4S. The summed E-state index contributed by atoms with van der Waals surface area (Å²) < 4.78 is 0. The van der Waals surface area contributed by atoms with Gasteiger partial charge in [0.25, 0.3) is 5.91 Å². The smallest absolute Gasteiger partial charge is 0.314 e. The second-order valence-electron chi connectivity index (χ2n) is 9.95. The largest absolute Gasteiger partial charge is 0.349 e. The molecule has 2 aromatic heterocycles. The average Bonchev–Trinajstić information content (AvgIpc) is 3.29. The second kappa shape index (κ2) is 11.3. The molecule has 0 spiro atoms. The molecule has 3 atom stereocenters. The number of pyridine rings is 1. The van der Waals surface area contributed by atoms with Gasteiger partial charge in [-0.15, -0.1) is 11.3 Å². The van der Waals surface area contributed by atoms with Gasteiger partial charge in [0, 0.05) is 56.6 Å². The molecule has 4 amide bonds. The summed E-state index contributed by atoms with van der Waals surface area (Å²) in [5.41, 5.74) is 1.88. The molecule has 4 rings (SSSR count).